The van der Waals surface area contributed by atoms with E-state index in [0.29, 0.717) is 17.8 Å². The van der Waals surface area contributed by atoms with Crippen molar-refractivity contribution in [2.45, 2.75) is 69.4 Å². The molecule has 0 bridgehead atoms. The Balaban J connectivity index is 1.40. The number of rotatable bonds is 6. The summed E-state index contributed by atoms with van der Waals surface area (Å²) in [5.74, 6) is -0.707. The Kier molecular flexibility index (Phi) is 7.10. The van der Waals surface area contributed by atoms with Crippen LogP contribution in [0.25, 0.3) is 0 Å². The zero-order valence-corrected chi connectivity index (χ0v) is 21.0. The van der Waals surface area contributed by atoms with Gasteiger partial charge >= 0.3 is 21.2 Å². The van der Waals surface area contributed by atoms with Crippen LogP contribution in [0, 0.1) is 17.3 Å². The van der Waals surface area contributed by atoms with Crippen LogP contribution >= 0.6 is 15.2 Å². The van der Waals surface area contributed by atoms with Crippen LogP contribution in [0.15, 0.2) is 18.2 Å². The number of benzene rings is 1. The van der Waals surface area contributed by atoms with Crippen molar-refractivity contribution in [2.75, 3.05) is 0 Å². The predicted octanol–water partition coefficient (Wildman–Crippen LogP) is 1.95. The van der Waals surface area contributed by atoms with Crippen LogP contribution < -0.4 is 10.1 Å². The second-order valence-corrected chi connectivity index (χ2v) is 14.0. The quantitative estimate of drug-likeness (QED) is 0.137. The topological polar surface area (TPSA) is 191 Å². The van der Waals surface area contributed by atoms with Crippen molar-refractivity contribution in [1.82, 2.24) is 5.32 Å². The second-order valence-electron chi connectivity index (χ2n) is 10.2. The van der Waals surface area contributed by atoms with Gasteiger partial charge in [0.05, 0.1) is 6.10 Å². The molecule has 1 aromatic rings. The number of fused-ring (bicyclic) bond motifs is 5. The zero-order valence-electron chi connectivity index (χ0n) is 19.2. The van der Waals surface area contributed by atoms with Crippen LogP contribution in [0.4, 0.5) is 0 Å². The molecule has 13 heteroatoms. The average molecular weight is 531 g/mol. The highest BCUT2D eigenvalue weighted by Gasteiger charge is 2.54. The van der Waals surface area contributed by atoms with E-state index in [2.05, 4.69) is 6.92 Å². The van der Waals surface area contributed by atoms with Crippen molar-refractivity contribution >= 4 is 27.1 Å². The second kappa shape index (κ2) is 9.38. The molecule has 0 saturated heterocycles. The number of carbonyl (C=O) groups excluding carboxylic acids is 2. The maximum absolute atomic E-state index is 12.2. The Morgan fingerprint density at radius 2 is 1.80 bits per heavy atom. The van der Waals surface area contributed by atoms with Gasteiger partial charge in [0.2, 0.25) is 11.4 Å². The highest BCUT2D eigenvalue weighted by atomic mass is 31.2. The summed E-state index contributed by atoms with van der Waals surface area (Å²) in [6.45, 7) is 2.21. The zero-order chi connectivity index (χ0) is 25.8. The Hall–Kier alpha value is -1.58. The summed E-state index contributed by atoms with van der Waals surface area (Å²) in [7, 11) is -10.7. The average Bonchev–Trinajstić information content (AvgIpc) is 3.04. The van der Waals surface area contributed by atoms with Crippen LogP contribution in [0.5, 0.6) is 5.75 Å². The molecule has 2 saturated carbocycles. The molecule has 35 heavy (non-hydrogen) atoms. The van der Waals surface area contributed by atoms with E-state index in [-0.39, 0.29) is 17.3 Å². The minimum absolute atomic E-state index is 0.0205. The molecule has 0 aliphatic heterocycles. The monoisotopic (exact) mass is 531 g/mol. The van der Waals surface area contributed by atoms with Crippen LogP contribution in [-0.4, -0.2) is 48.2 Å². The highest BCUT2D eigenvalue weighted by molar-refractivity contribution is 7.70. The smallest absolute Gasteiger partial charge is 0.360 e. The van der Waals surface area contributed by atoms with Crippen LogP contribution in [0.1, 0.15) is 62.5 Å². The lowest BCUT2D eigenvalue weighted by atomic mass is 9.55. The number of esters is 1. The van der Waals surface area contributed by atoms with E-state index in [9.17, 15) is 23.8 Å². The molecule has 0 radical (unpaired) electrons. The number of aliphatic hydroxyl groups is 1. The van der Waals surface area contributed by atoms with Gasteiger partial charge in [-0.25, -0.2) is 0 Å². The molecule has 1 amide bonds. The van der Waals surface area contributed by atoms with Gasteiger partial charge in [0.25, 0.3) is 0 Å². The number of aryl methyl sites for hydroxylation is 1. The largest absolute Gasteiger partial charge is 0.426 e. The molecular formula is C22H31NO10P2. The molecule has 5 atom stereocenters. The fourth-order valence-corrected chi connectivity index (χ4v) is 8.64. The van der Waals surface area contributed by atoms with Crippen molar-refractivity contribution in [3.05, 3.63) is 29.3 Å². The number of ether oxygens (including phenoxy) is 1. The van der Waals surface area contributed by atoms with Crippen LogP contribution in [0.2, 0.25) is 0 Å². The van der Waals surface area contributed by atoms with E-state index in [0.717, 1.165) is 44.1 Å². The van der Waals surface area contributed by atoms with Crippen LogP contribution in [-0.2, 0) is 25.1 Å². The third-order valence-electron chi connectivity index (χ3n) is 8.11. The van der Waals surface area contributed by atoms with E-state index < -0.39 is 39.0 Å². The summed E-state index contributed by atoms with van der Waals surface area (Å²) in [6, 6.07) is 5.33. The molecule has 0 heterocycles. The van der Waals surface area contributed by atoms with Crippen molar-refractivity contribution in [3.8, 4) is 5.75 Å². The normalized spacial score (nSPS) is 30.3. The lowest BCUT2D eigenvalue weighted by molar-refractivity contribution is -0.138. The Morgan fingerprint density at radius 3 is 2.46 bits per heavy atom. The standard InChI is InChI=1S/C22H31NO10P2/c1-22-9-8-15-14-5-3-13(10-12(14)2-4-16(15)17(22)6-7-18(22)24)33-20(26)11-19(25)23-21(34(27,28)29)35(30,31)32/h3,5,10,15-18,21,24H,2,4,6-9,11H2,1H3,(H,23,25)(H2,27,28,29)(H2,30,31,32)/t15-,16-,17+,18+,22+/m1/s1. The van der Waals surface area contributed by atoms with E-state index in [1.165, 1.54) is 10.9 Å². The molecule has 4 rings (SSSR count). The summed E-state index contributed by atoms with van der Waals surface area (Å²) in [4.78, 5) is 60.5. The number of nitrogens with one attached hydrogen (secondary N) is 1. The van der Waals surface area contributed by atoms with Gasteiger partial charge < -0.3 is 34.7 Å². The number of carbonyl (C=O) groups is 2. The summed E-state index contributed by atoms with van der Waals surface area (Å²) < 4.78 is 27.8. The highest BCUT2D eigenvalue weighted by Crippen LogP contribution is 2.61. The first kappa shape index (κ1) is 26.5. The van der Waals surface area contributed by atoms with Gasteiger partial charge in [-0.3, -0.25) is 18.7 Å². The number of hydrogen-bond donors (Lipinski definition) is 6. The first-order chi connectivity index (χ1) is 16.2. The van der Waals surface area contributed by atoms with Gasteiger partial charge in [0, 0.05) is 0 Å². The van der Waals surface area contributed by atoms with Gasteiger partial charge in [-0.15, -0.1) is 0 Å². The fraction of sp³-hybridized carbons (Fsp3) is 0.636. The number of hydrogen-bond acceptors (Lipinski definition) is 6. The van der Waals surface area contributed by atoms with Gasteiger partial charge in [-0.05, 0) is 85.0 Å². The van der Waals surface area contributed by atoms with Crippen molar-refractivity contribution in [3.63, 3.8) is 0 Å². The van der Waals surface area contributed by atoms with Gasteiger partial charge in [-0.1, -0.05) is 13.0 Å². The molecule has 194 valence electrons. The lowest BCUT2D eigenvalue weighted by Crippen LogP contribution is -2.43. The van der Waals surface area contributed by atoms with Gasteiger partial charge in [-0.2, -0.15) is 0 Å². The van der Waals surface area contributed by atoms with Crippen molar-refractivity contribution < 1.29 is 48.1 Å². The third-order valence-corrected chi connectivity index (χ3v) is 11.4. The van der Waals surface area contributed by atoms with E-state index in [1.54, 1.807) is 12.1 Å². The molecule has 0 aromatic heterocycles. The SMILES string of the molecule is C[C@]12CC[C@@H]3c4ccc(OC(=O)CC(=O)NC(P(=O)(O)O)P(=O)(O)O)cc4CC[C@H]3[C@@H]1CC[C@@H]2O. The molecule has 1 aromatic carbocycles. The predicted molar refractivity (Wildman–Crippen MR) is 123 cm³/mol. The Bertz CT molecular complexity index is 1090. The number of amides is 1. The first-order valence-electron chi connectivity index (χ1n) is 11.6. The fourth-order valence-electron chi connectivity index (χ4n) is 6.45. The third kappa shape index (κ3) is 5.27. The molecule has 0 spiro atoms. The summed E-state index contributed by atoms with van der Waals surface area (Å²) in [5.41, 5.74) is -0.474. The van der Waals surface area contributed by atoms with Gasteiger partial charge in [0.15, 0.2) is 0 Å². The Morgan fingerprint density at radius 1 is 1.11 bits per heavy atom. The maximum atomic E-state index is 12.2. The van der Waals surface area contributed by atoms with E-state index in [1.807, 2.05) is 6.07 Å². The van der Waals surface area contributed by atoms with E-state index >= 15 is 0 Å². The Labute approximate surface area is 202 Å². The van der Waals surface area contributed by atoms with Gasteiger partial charge in [0.1, 0.15) is 12.2 Å². The van der Waals surface area contributed by atoms with Crippen LogP contribution in [0.3, 0.4) is 0 Å². The first-order valence-corrected chi connectivity index (χ1v) is 15.0. The summed E-state index contributed by atoms with van der Waals surface area (Å²) in [5, 5.41) is 12.1. The number of aliphatic hydroxyl groups excluding tert-OH is 1. The summed E-state index contributed by atoms with van der Waals surface area (Å²) in [6.07, 6.45) is 4.41. The minimum atomic E-state index is -5.36. The molecular weight excluding hydrogens is 500 g/mol. The molecule has 11 nitrogen and oxygen atoms in total. The maximum Gasteiger partial charge on any atom is 0.360 e. The lowest BCUT2D eigenvalue weighted by Gasteiger charge is -2.50. The van der Waals surface area contributed by atoms with E-state index in [4.69, 9.17) is 24.3 Å². The summed E-state index contributed by atoms with van der Waals surface area (Å²) >= 11 is 0. The van der Waals surface area contributed by atoms with Crippen molar-refractivity contribution in [1.29, 1.82) is 0 Å². The molecule has 3 aliphatic rings. The molecule has 2 fully saturated rings. The molecule has 6 N–H and O–H groups in total. The molecule has 0 unspecified atom stereocenters. The van der Waals surface area contributed by atoms with Crippen molar-refractivity contribution in [2.24, 2.45) is 17.3 Å². The minimum Gasteiger partial charge on any atom is -0.426 e. The molecule has 3 aliphatic carbocycles.